The molecular formula is C13H16N4O5. The molecule has 0 aliphatic heterocycles. The van der Waals surface area contributed by atoms with E-state index in [4.69, 9.17) is 14.6 Å². The Balaban J connectivity index is 0.000000224. The van der Waals surface area contributed by atoms with Crippen LogP contribution in [0.3, 0.4) is 0 Å². The van der Waals surface area contributed by atoms with Gasteiger partial charge in [-0.3, -0.25) is 0 Å². The van der Waals surface area contributed by atoms with Crippen LogP contribution < -0.4 is 9.47 Å². The highest BCUT2D eigenvalue weighted by atomic mass is 16.5. The van der Waals surface area contributed by atoms with Crippen molar-refractivity contribution in [1.29, 1.82) is 0 Å². The maximum atomic E-state index is 10.8. The van der Waals surface area contributed by atoms with Gasteiger partial charge in [-0.2, -0.15) is 0 Å². The van der Waals surface area contributed by atoms with Crippen LogP contribution in [0.15, 0.2) is 24.3 Å². The van der Waals surface area contributed by atoms with Crippen LogP contribution in [-0.4, -0.2) is 52.8 Å². The minimum Gasteiger partial charge on any atom is -0.480 e. The molecule has 9 nitrogen and oxygen atoms in total. The van der Waals surface area contributed by atoms with Gasteiger partial charge < -0.3 is 19.3 Å². The number of rotatable bonds is 4. The highest BCUT2D eigenvalue weighted by molar-refractivity contribution is 5.86. The molecule has 0 aromatic carbocycles. The number of nitrogens with zero attached hydrogens (tertiary/aromatic N) is 4. The Hall–Kier alpha value is -2.81. The Labute approximate surface area is 126 Å². The minimum absolute atomic E-state index is 0.0863. The first-order chi connectivity index (χ1) is 10.6. The number of esters is 1. The van der Waals surface area contributed by atoms with Crippen LogP contribution >= 0.6 is 0 Å². The SMILES string of the molecule is COC(=O)c1ccc(OC)nn1.COc1ccc(CO)nn1. The number of ether oxygens (including phenoxy) is 3. The first kappa shape index (κ1) is 17.2. The van der Waals surface area contributed by atoms with Crippen molar-refractivity contribution >= 4 is 5.97 Å². The van der Waals surface area contributed by atoms with Gasteiger partial charge in [0.05, 0.1) is 33.6 Å². The predicted molar refractivity (Wildman–Crippen MR) is 74.4 cm³/mol. The Bertz CT molecular complexity index is 551. The summed E-state index contributed by atoms with van der Waals surface area (Å²) in [5.74, 6) is 0.310. The molecule has 0 bridgehead atoms. The van der Waals surface area contributed by atoms with Gasteiger partial charge in [0.15, 0.2) is 5.69 Å². The van der Waals surface area contributed by atoms with Crippen molar-refractivity contribution < 1.29 is 24.1 Å². The molecule has 1 N–H and O–H groups in total. The van der Waals surface area contributed by atoms with Crippen molar-refractivity contribution in [2.24, 2.45) is 0 Å². The van der Waals surface area contributed by atoms with E-state index >= 15 is 0 Å². The molecule has 0 radical (unpaired) electrons. The van der Waals surface area contributed by atoms with Gasteiger partial charge in [-0.1, -0.05) is 0 Å². The minimum atomic E-state index is -0.509. The normalized spacial score (nSPS) is 9.27. The number of carbonyl (C=O) groups excluding carboxylic acids is 1. The van der Waals surface area contributed by atoms with E-state index in [1.807, 2.05) is 0 Å². The molecule has 0 aliphatic carbocycles. The molecular weight excluding hydrogens is 292 g/mol. The Morgan fingerprint density at radius 2 is 1.55 bits per heavy atom. The number of aromatic nitrogens is 4. The van der Waals surface area contributed by atoms with Crippen LogP contribution in [0.2, 0.25) is 0 Å². The first-order valence-corrected chi connectivity index (χ1v) is 6.08. The first-order valence-electron chi connectivity index (χ1n) is 6.08. The second-order valence-corrected chi connectivity index (χ2v) is 3.68. The summed E-state index contributed by atoms with van der Waals surface area (Å²) in [7, 11) is 4.28. The number of carbonyl (C=O) groups is 1. The lowest BCUT2D eigenvalue weighted by Crippen LogP contribution is -2.05. The van der Waals surface area contributed by atoms with Gasteiger partial charge in [0, 0.05) is 12.1 Å². The molecule has 0 unspecified atom stereocenters. The van der Waals surface area contributed by atoms with Gasteiger partial charge in [-0.25, -0.2) is 4.79 Å². The van der Waals surface area contributed by atoms with E-state index in [1.54, 1.807) is 18.2 Å². The largest absolute Gasteiger partial charge is 0.480 e. The van der Waals surface area contributed by atoms with Gasteiger partial charge in [0.25, 0.3) is 0 Å². The highest BCUT2D eigenvalue weighted by Gasteiger charge is 2.06. The zero-order chi connectivity index (χ0) is 16.4. The van der Waals surface area contributed by atoms with Gasteiger partial charge in [0.2, 0.25) is 11.8 Å². The molecule has 0 saturated heterocycles. The number of hydrogen-bond acceptors (Lipinski definition) is 9. The summed E-state index contributed by atoms with van der Waals surface area (Å²) in [5.41, 5.74) is 0.708. The topological polar surface area (TPSA) is 117 Å². The molecule has 2 aromatic heterocycles. The standard InChI is InChI=1S/C7H8N2O3.C6H8N2O2/c1-11-6-4-3-5(8-9-6)7(10)12-2;1-10-6-3-2-5(4-9)7-8-6/h3-4H,1-2H3;2-3,9H,4H2,1H3. The fraction of sp³-hybridized carbons (Fsp3) is 0.308. The average molecular weight is 308 g/mol. The lowest BCUT2D eigenvalue weighted by Gasteiger charge is -1.98. The fourth-order valence-corrected chi connectivity index (χ4v) is 1.18. The molecule has 0 fully saturated rings. The number of aliphatic hydroxyl groups is 1. The van der Waals surface area contributed by atoms with E-state index in [0.717, 1.165) is 0 Å². The van der Waals surface area contributed by atoms with E-state index in [-0.39, 0.29) is 12.3 Å². The van der Waals surface area contributed by atoms with Crippen molar-refractivity contribution in [1.82, 2.24) is 20.4 Å². The number of methoxy groups -OCH3 is 3. The molecule has 0 saturated carbocycles. The van der Waals surface area contributed by atoms with Gasteiger partial charge in [0.1, 0.15) is 0 Å². The molecule has 2 rings (SSSR count). The zero-order valence-electron chi connectivity index (χ0n) is 12.4. The molecule has 0 atom stereocenters. The molecule has 118 valence electrons. The lowest BCUT2D eigenvalue weighted by molar-refractivity contribution is 0.0592. The summed E-state index contributed by atoms with van der Waals surface area (Å²) in [6, 6.07) is 6.33. The van der Waals surface area contributed by atoms with Crippen LogP contribution in [0, 0.1) is 0 Å². The molecule has 2 aromatic rings. The summed E-state index contributed by atoms with van der Waals surface area (Å²) in [5, 5.41) is 23.0. The third kappa shape index (κ3) is 5.29. The van der Waals surface area contributed by atoms with Gasteiger partial charge in [-0.05, 0) is 12.1 Å². The van der Waals surface area contributed by atoms with Crippen molar-refractivity contribution in [3.8, 4) is 11.8 Å². The van der Waals surface area contributed by atoms with Crippen molar-refractivity contribution in [2.45, 2.75) is 6.61 Å². The second-order valence-electron chi connectivity index (χ2n) is 3.68. The summed E-state index contributed by atoms with van der Waals surface area (Å²) >= 11 is 0. The number of hydrogen-bond donors (Lipinski definition) is 1. The van der Waals surface area contributed by atoms with Crippen molar-refractivity contribution in [2.75, 3.05) is 21.3 Å². The van der Waals surface area contributed by atoms with Crippen molar-refractivity contribution in [3.05, 3.63) is 35.7 Å². The number of aliphatic hydroxyl groups excluding tert-OH is 1. The zero-order valence-corrected chi connectivity index (χ0v) is 12.4. The molecule has 0 aliphatic rings. The fourth-order valence-electron chi connectivity index (χ4n) is 1.18. The predicted octanol–water partition coefficient (Wildman–Crippen LogP) is 0.249. The Kier molecular flexibility index (Phi) is 7.20. The molecule has 22 heavy (non-hydrogen) atoms. The maximum Gasteiger partial charge on any atom is 0.358 e. The second kappa shape index (κ2) is 9.19. The Morgan fingerprint density at radius 1 is 0.955 bits per heavy atom. The van der Waals surface area contributed by atoms with E-state index in [2.05, 4.69) is 25.1 Å². The van der Waals surface area contributed by atoms with Crippen LogP contribution in [0.1, 0.15) is 16.2 Å². The molecule has 0 amide bonds. The van der Waals surface area contributed by atoms with Crippen LogP contribution in [-0.2, 0) is 11.3 Å². The highest BCUT2D eigenvalue weighted by Crippen LogP contribution is 2.04. The molecule has 2 heterocycles. The summed E-state index contributed by atoms with van der Waals surface area (Å²) in [4.78, 5) is 10.8. The smallest absolute Gasteiger partial charge is 0.358 e. The molecule has 0 spiro atoms. The summed E-state index contributed by atoms with van der Waals surface area (Å²) in [6.07, 6.45) is 0. The van der Waals surface area contributed by atoms with E-state index in [0.29, 0.717) is 17.5 Å². The lowest BCUT2D eigenvalue weighted by atomic mass is 10.4. The Morgan fingerprint density at radius 3 is 1.91 bits per heavy atom. The molecule has 9 heteroatoms. The monoisotopic (exact) mass is 308 g/mol. The van der Waals surface area contributed by atoms with Gasteiger partial charge >= 0.3 is 5.97 Å². The van der Waals surface area contributed by atoms with E-state index in [9.17, 15) is 4.79 Å². The van der Waals surface area contributed by atoms with Gasteiger partial charge in [-0.15, -0.1) is 20.4 Å². The van der Waals surface area contributed by atoms with E-state index in [1.165, 1.54) is 27.4 Å². The maximum absolute atomic E-state index is 10.8. The quantitative estimate of drug-likeness (QED) is 0.793. The third-order valence-corrected chi connectivity index (χ3v) is 2.31. The average Bonchev–Trinajstić information content (AvgIpc) is 2.61. The van der Waals surface area contributed by atoms with Crippen LogP contribution in [0.5, 0.6) is 11.8 Å². The van der Waals surface area contributed by atoms with Crippen molar-refractivity contribution in [3.63, 3.8) is 0 Å². The third-order valence-electron chi connectivity index (χ3n) is 2.31. The summed E-state index contributed by atoms with van der Waals surface area (Å²) < 4.78 is 13.9. The van der Waals surface area contributed by atoms with Crippen LogP contribution in [0.25, 0.3) is 0 Å². The summed E-state index contributed by atoms with van der Waals surface area (Å²) in [6.45, 7) is -0.0863. The van der Waals surface area contributed by atoms with Crippen LogP contribution in [0.4, 0.5) is 0 Å². The van der Waals surface area contributed by atoms with E-state index < -0.39 is 5.97 Å².